The van der Waals surface area contributed by atoms with Gasteiger partial charge in [-0.25, -0.2) is 9.18 Å². The van der Waals surface area contributed by atoms with Gasteiger partial charge in [0.1, 0.15) is 11.6 Å². The highest BCUT2D eigenvalue weighted by atomic mass is 32.2. The summed E-state index contributed by atoms with van der Waals surface area (Å²) in [6.45, 7) is 0. The highest BCUT2D eigenvalue weighted by Crippen LogP contribution is 2.30. The maximum absolute atomic E-state index is 14.2. The Labute approximate surface area is 152 Å². The Morgan fingerprint density at radius 2 is 1.96 bits per heavy atom. The number of thioether (sulfide) groups is 1. The van der Waals surface area contributed by atoms with E-state index in [0.29, 0.717) is 11.3 Å². The molecular formula is C20H22FNO2S. The van der Waals surface area contributed by atoms with Crippen LogP contribution in [-0.2, 0) is 0 Å². The third-order valence-corrected chi connectivity index (χ3v) is 5.18. The number of benzene rings is 2. The van der Waals surface area contributed by atoms with Crippen molar-refractivity contribution in [3.05, 3.63) is 48.3 Å². The van der Waals surface area contributed by atoms with Crippen molar-refractivity contribution in [2.75, 3.05) is 6.26 Å². The number of hydrogen-bond donors (Lipinski definition) is 1. The van der Waals surface area contributed by atoms with Gasteiger partial charge in [-0.15, -0.1) is 11.8 Å². The average Bonchev–Trinajstić information content (AvgIpc) is 2.64. The second-order valence-corrected chi connectivity index (χ2v) is 7.12. The molecule has 0 spiro atoms. The van der Waals surface area contributed by atoms with Crippen LogP contribution in [0.3, 0.4) is 0 Å². The molecule has 0 saturated heterocycles. The van der Waals surface area contributed by atoms with E-state index in [-0.39, 0.29) is 11.9 Å². The highest BCUT2D eigenvalue weighted by Gasteiger charge is 2.17. The van der Waals surface area contributed by atoms with Crippen LogP contribution >= 0.6 is 11.8 Å². The van der Waals surface area contributed by atoms with Gasteiger partial charge in [0.2, 0.25) is 0 Å². The number of carbonyl (C=O) groups excluding carboxylic acids is 1. The smallest absolute Gasteiger partial charge is 0.410 e. The summed E-state index contributed by atoms with van der Waals surface area (Å²) in [5.41, 5.74) is 1.20. The first-order valence-corrected chi connectivity index (χ1v) is 9.80. The lowest BCUT2D eigenvalue weighted by Gasteiger charge is -2.22. The Morgan fingerprint density at radius 3 is 2.72 bits per heavy atom. The molecule has 1 aliphatic rings. The van der Waals surface area contributed by atoms with Gasteiger partial charge in [0.05, 0.1) is 0 Å². The summed E-state index contributed by atoms with van der Waals surface area (Å²) in [7, 11) is 0. The van der Waals surface area contributed by atoms with Gasteiger partial charge >= 0.3 is 6.09 Å². The van der Waals surface area contributed by atoms with Crippen molar-refractivity contribution in [2.24, 2.45) is 0 Å². The summed E-state index contributed by atoms with van der Waals surface area (Å²) in [5.74, 6) is 0.0116. The second kappa shape index (κ2) is 8.39. The Kier molecular flexibility index (Phi) is 5.97. The van der Waals surface area contributed by atoms with E-state index >= 15 is 0 Å². The van der Waals surface area contributed by atoms with E-state index in [1.165, 1.54) is 18.6 Å². The molecule has 2 aromatic rings. The lowest BCUT2D eigenvalue weighted by atomic mass is 9.96. The quantitative estimate of drug-likeness (QED) is 0.718. The van der Waals surface area contributed by atoms with E-state index in [2.05, 4.69) is 5.32 Å². The topological polar surface area (TPSA) is 38.3 Å². The van der Waals surface area contributed by atoms with Gasteiger partial charge in [-0.2, -0.15) is 0 Å². The van der Waals surface area contributed by atoms with Crippen LogP contribution < -0.4 is 10.1 Å². The van der Waals surface area contributed by atoms with Gasteiger partial charge in [-0.05, 0) is 55.0 Å². The van der Waals surface area contributed by atoms with E-state index < -0.39 is 6.09 Å². The molecule has 3 rings (SSSR count). The van der Waals surface area contributed by atoms with Crippen molar-refractivity contribution in [3.8, 4) is 16.9 Å². The molecule has 1 saturated carbocycles. The van der Waals surface area contributed by atoms with Gasteiger partial charge in [0, 0.05) is 16.5 Å². The van der Waals surface area contributed by atoms with Crippen molar-refractivity contribution in [1.29, 1.82) is 0 Å². The zero-order chi connectivity index (χ0) is 17.6. The van der Waals surface area contributed by atoms with Crippen LogP contribution in [-0.4, -0.2) is 18.4 Å². The van der Waals surface area contributed by atoms with Crippen LogP contribution in [0.5, 0.6) is 5.75 Å². The SMILES string of the molecule is CSc1cccc(-c2cc(OC(=O)NC3CCCCC3)ccc2F)c1. The van der Waals surface area contributed by atoms with Crippen LogP contribution in [0.4, 0.5) is 9.18 Å². The summed E-state index contributed by atoms with van der Waals surface area (Å²) in [5, 5.41) is 2.90. The molecule has 0 bridgehead atoms. The van der Waals surface area contributed by atoms with Crippen molar-refractivity contribution in [3.63, 3.8) is 0 Å². The fourth-order valence-corrected chi connectivity index (χ4v) is 3.59. The zero-order valence-electron chi connectivity index (χ0n) is 14.3. The maximum Gasteiger partial charge on any atom is 0.412 e. The first-order valence-electron chi connectivity index (χ1n) is 8.58. The Hall–Kier alpha value is -2.01. The third-order valence-electron chi connectivity index (χ3n) is 4.46. The number of rotatable bonds is 4. The molecule has 2 aromatic carbocycles. The van der Waals surface area contributed by atoms with Crippen LogP contribution in [0.1, 0.15) is 32.1 Å². The first-order chi connectivity index (χ1) is 12.2. The number of carbonyl (C=O) groups is 1. The summed E-state index contributed by atoms with van der Waals surface area (Å²) in [4.78, 5) is 13.1. The minimum atomic E-state index is -0.470. The predicted octanol–water partition coefficient (Wildman–Crippen LogP) is 5.64. The fourth-order valence-electron chi connectivity index (χ4n) is 3.13. The lowest BCUT2D eigenvalue weighted by Crippen LogP contribution is -2.38. The van der Waals surface area contributed by atoms with Crippen LogP contribution in [0.2, 0.25) is 0 Å². The van der Waals surface area contributed by atoms with Gasteiger partial charge in [0.25, 0.3) is 0 Å². The zero-order valence-corrected chi connectivity index (χ0v) is 15.1. The molecule has 3 nitrogen and oxygen atoms in total. The first kappa shape index (κ1) is 17.8. The highest BCUT2D eigenvalue weighted by molar-refractivity contribution is 7.98. The van der Waals surface area contributed by atoms with Gasteiger partial charge in [0.15, 0.2) is 0 Å². The van der Waals surface area contributed by atoms with Gasteiger partial charge < -0.3 is 10.1 Å². The van der Waals surface area contributed by atoms with E-state index in [1.807, 2.05) is 30.5 Å². The molecule has 0 radical (unpaired) electrons. The summed E-state index contributed by atoms with van der Waals surface area (Å²) in [6.07, 6.45) is 6.99. The minimum absolute atomic E-state index is 0.180. The van der Waals surface area contributed by atoms with Crippen molar-refractivity contribution in [2.45, 2.75) is 43.0 Å². The lowest BCUT2D eigenvalue weighted by molar-refractivity contribution is 0.192. The molecule has 1 amide bonds. The Morgan fingerprint density at radius 1 is 1.16 bits per heavy atom. The number of ether oxygens (including phenoxy) is 1. The van der Waals surface area contributed by atoms with Crippen LogP contribution in [0.25, 0.3) is 11.1 Å². The molecule has 132 valence electrons. The summed E-state index contributed by atoms with van der Waals surface area (Å²) >= 11 is 1.60. The van der Waals surface area contributed by atoms with E-state index in [4.69, 9.17) is 4.74 Å². The largest absolute Gasteiger partial charge is 0.412 e. The number of amides is 1. The number of hydrogen-bond acceptors (Lipinski definition) is 3. The van der Waals surface area contributed by atoms with Gasteiger partial charge in [-0.1, -0.05) is 31.4 Å². The molecule has 0 aliphatic heterocycles. The monoisotopic (exact) mass is 359 g/mol. The molecule has 1 fully saturated rings. The second-order valence-electron chi connectivity index (χ2n) is 6.24. The molecule has 5 heteroatoms. The molecule has 0 heterocycles. The molecule has 0 unspecified atom stereocenters. The third kappa shape index (κ3) is 4.75. The number of nitrogens with one attached hydrogen (secondary N) is 1. The molecule has 25 heavy (non-hydrogen) atoms. The standard InChI is InChI=1S/C20H22FNO2S/c1-25-17-9-5-6-14(12-17)18-13-16(10-11-19(18)21)24-20(23)22-15-7-3-2-4-8-15/h5-6,9-13,15H,2-4,7-8H2,1H3,(H,22,23). The van der Waals surface area contributed by atoms with Crippen molar-refractivity contribution in [1.82, 2.24) is 5.32 Å². The van der Waals surface area contributed by atoms with Crippen molar-refractivity contribution >= 4 is 17.9 Å². The van der Waals surface area contributed by atoms with E-state index in [1.54, 1.807) is 17.8 Å². The molecule has 1 aliphatic carbocycles. The summed E-state index contributed by atoms with van der Waals surface area (Å²) in [6, 6.07) is 12.2. The predicted molar refractivity (Wildman–Crippen MR) is 99.6 cm³/mol. The minimum Gasteiger partial charge on any atom is -0.410 e. The normalized spacial score (nSPS) is 15.0. The maximum atomic E-state index is 14.2. The Bertz CT molecular complexity index is 744. The van der Waals surface area contributed by atoms with E-state index in [9.17, 15) is 9.18 Å². The molecule has 0 atom stereocenters. The van der Waals surface area contributed by atoms with Gasteiger partial charge in [-0.3, -0.25) is 0 Å². The molecular weight excluding hydrogens is 337 g/mol. The molecule has 0 aromatic heterocycles. The Balaban J connectivity index is 1.73. The van der Waals surface area contributed by atoms with Crippen molar-refractivity contribution < 1.29 is 13.9 Å². The summed E-state index contributed by atoms with van der Waals surface area (Å²) < 4.78 is 19.6. The van der Waals surface area contributed by atoms with E-state index in [0.717, 1.165) is 36.1 Å². The van der Waals surface area contributed by atoms with Crippen LogP contribution in [0.15, 0.2) is 47.4 Å². The average molecular weight is 359 g/mol. The number of halogens is 1. The molecule has 1 N–H and O–H groups in total. The van der Waals surface area contributed by atoms with Crippen LogP contribution in [0, 0.1) is 5.82 Å². The fraction of sp³-hybridized carbons (Fsp3) is 0.350.